The zero-order valence-electron chi connectivity index (χ0n) is 14.7. The summed E-state index contributed by atoms with van der Waals surface area (Å²) in [5, 5.41) is 20.8. The van der Waals surface area contributed by atoms with Crippen molar-refractivity contribution in [3.8, 4) is 11.5 Å². The number of nitro benzene ring substituents is 1. The molecule has 0 saturated heterocycles. The number of nitro groups is 1. The monoisotopic (exact) mass is 393 g/mol. The molecule has 0 aliphatic rings. The number of phenolic OH excluding ortho intramolecular Hbond substituents is 1. The molecule has 0 radical (unpaired) electrons. The van der Waals surface area contributed by atoms with Gasteiger partial charge in [-0.05, 0) is 36.8 Å². The Kier molecular flexibility index (Phi) is 6.48. The fourth-order valence-electron chi connectivity index (χ4n) is 2.25. The number of methoxy groups -OCH3 is 1. The number of aromatic hydroxyl groups is 1. The first-order valence-corrected chi connectivity index (χ1v) is 9.34. The Balaban J connectivity index is 2.04. The zero-order chi connectivity index (χ0) is 20.0. The molecule has 0 aromatic heterocycles. The van der Waals surface area contributed by atoms with E-state index < -0.39 is 25.5 Å². The van der Waals surface area contributed by atoms with Gasteiger partial charge in [0.25, 0.3) is 5.69 Å². The molecule has 2 N–H and O–H groups in total. The van der Waals surface area contributed by atoms with Crippen LogP contribution in [0.25, 0.3) is 0 Å². The molecular formula is C17H19N3O6S. The lowest BCUT2D eigenvalue weighted by Crippen LogP contribution is -2.27. The first kappa shape index (κ1) is 20.3. The number of benzene rings is 2. The molecule has 0 bridgehead atoms. The van der Waals surface area contributed by atoms with Gasteiger partial charge in [-0.3, -0.25) is 15.1 Å². The summed E-state index contributed by atoms with van der Waals surface area (Å²) in [5.41, 5.74) is 0.530. The minimum absolute atomic E-state index is 0.00964. The van der Waals surface area contributed by atoms with Crippen molar-refractivity contribution in [2.75, 3.05) is 20.2 Å². The topological polar surface area (TPSA) is 131 Å². The van der Waals surface area contributed by atoms with Crippen LogP contribution in [0.2, 0.25) is 0 Å². The number of aryl methyl sites for hydroxylation is 1. The van der Waals surface area contributed by atoms with Gasteiger partial charge >= 0.3 is 0 Å². The predicted octanol–water partition coefficient (Wildman–Crippen LogP) is 2.01. The summed E-state index contributed by atoms with van der Waals surface area (Å²) >= 11 is 0. The summed E-state index contributed by atoms with van der Waals surface area (Å²) in [6, 6.07) is 8.53. The summed E-state index contributed by atoms with van der Waals surface area (Å²) < 4.78 is 32.0. The second kappa shape index (κ2) is 8.60. The van der Waals surface area contributed by atoms with Crippen LogP contribution in [-0.4, -0.2) is 44.9 Å². The molecule has 2 aromatic carbocycles. The van der Waals surface area contributed by atoms with E-state index in [1.807, 2.05) is 0 Å². The number of nitrogens with one attached hydrogen (secondary N) is 1. The average molecular weight is 393 g/mol. The Morgan fingerprint density at radius 3 is 2.70 bits per heavy atom. The van der Waals surface area contributed by atoms with Gasteiger partial charge in [-0.2, -0.15) is 0 Å². The predicted molar refractivity (Wildman–Crippen MR) is 100 cm³/mol. The zero-order valence-corrected chi connectivity index (χ0v) is 15.6. The minimum Gasteiger partial charge on any atom is -0.507 e. The third kappa shape index (κ3) is 5.25. The van der Waals surface area contributed by atoms with Crippen LogP contribution in [0.5, 0.6) is 11.5 Å². The Morgan fingerprint density at radius 2 is 2.04 bits per heavy atom. The van der Waals surface area contributed by atoms with Crippen molar-refractivity contribution in [1.82, 2.24) is 4.72 Å². The maximum Gasteiger partial charge on any atom is 0.289 e. The first-order chi connectivity index (χ1) is 12.7. The maximum absolute atomic E-state index is 12.3. The minimum atomic E-state index is -4.05. The lowest BCUT2D eigenvalue weighted by Gasteiger charge is -2.07. The van der Waals surface area contributed by atoms with Crippen molar-refractivity contribution in [2.45, 2.75) is 11.8 Å². The van der Waals surface area contributed by atoms with Crippen molar-refractivity contribution in [3.05, 3.63) is 57.6 Å². The molecule has 2 rings (SSSR count). The van der Waals surface area contributed by atoms with Crippen molar-refractivity contribution < 1.29 is 23.2 Å². The number of sulfonamides is 1. The number of hydrogen-bond acceptors (Lipinski definition) is 7. The Labute approximate surface area is 156 Å². The maximum atomic E-state index is 12.3. The molecule has 10 heteroatoms. The standard InChI is InChI=1S/C17H19N3O6S/c1-12-3-6-17(15(9-12)20(22)23)27(24,25)19-8-7-18-11-13-10-14(26-2)4-5-16(13)21/h3-6,9-11,19,21H,7-8H2,1-2H3. The Bertz CT molecular complexity index is 973. The van der Waals surface area contributed by atoms with Crippen molar-refractivity contribution in [3.63, 3.8) is 0 Å². The highest BCUT2D eigenvalue weighted by Crippen LogP contribution is 2.24. The molecule has 27 heavy (non-hydrogen) atoms. The second-order valence-corrected chi connectivity index (χ2v) is 7.32. The third-order valence-corrected chi connectivity index (χ3v) is 5.11. The van der Waals surface area contributed by atoms with Crippen LogP contribution >= 0.6 is 0 Å². The largest absolute Gasteiger partial charge is 0.507 e. The molecule has 0 aliphatic heterocycles. The van der Waals surface area contributed by atoms with Gasteiger partial charge in [0.2, 0.25) is 10.0 Å². The first-order valence-electron chi connectivity index (χ1n) is 7.86. The van der Waals surface area contributed by atoms with Crippen LogP contribution in [-0.2, 0) is 10.0 Å². The number of aliphatic imine (C=N–C) groups is 1. The number of ether oxygens (including phenoxy) is 1. The van der Waals surface area contributed by atoms with Crippen LogP contribution in [0.4, 0.5) is 5.69 Å². The van der Waals surface area contributed by atoms with Gasteiger partial charge < -0.3 is 9.84 Å². The molecule has 144 valence electrons. The molecule has 0 unspecified atom stereocenters. The van der Waals surface area contributed by atoms with E-state index in [2.05, 4.69) is 9.71 Å². The summed E-state index contributed by atoms with van der Waals surface area (Å²) in [5.74, 6) is 0.553. The molecule has 0 amide bonds. The smallest absolute Gasteiger partial charge is 0.289 e. The van der Waals surface area contributed by atoms with E-state index in [0.717, 1.165) is 0 Å². The highest BCUT2D eigenvalue weighted by molar-refractivity contribution is 7.89. The van der Waals surface area contributed by atoms with Crippen LogP contribution in [0.1, 0.15) is 11.1 Å². The molecule has 0 spiro atoms. The van der Waals surface area contributed by atoms with Gasteiger partial charge in [-0.15, -0.1) is 0 Å². The molecule has 0 heterocycles. The normalized spacial score (nSPS) is 11.6. The molecule has 2 aromatic rings. The van der Waals surface area contributed by atoms with Crippen LogP contribution in [0.15, 0.2) is 46.3 Å². The molecular weight excluding hydrogens is 374 g/mol. The van der Waals surface area contributed by atoms with Gasteiger partial charge in [-0.1, -0.05) is 6.07 Å². The van der Waals surface area contributed by atoms with Gasteiger partial charge in [-0.25, -0.2) is 13.1 Å². The Morgan fingerprint density at radius 1 is 1.30 bits per heavy atom. The SMILES string of the molecule is COc1ccc(O)c(C=NCCNS(=O)(=O)c2ccc(C)cc2[N+](=O)[O-])c1. The van der Waals surface area contributed by atoms with E-state index in [9.17, 15) is 23.6 Å². The van der Waals surface area contributed by atoms with E-state index in [1.165, 1.54) is 37.6 Å². The quantitative estimate of drug-likeness (QED) is 0.305. The number of hydrogen-bond donors (Lipinski definition) is 2. The van der Waals surface area contributed by atoms with E-state index in [-0.39, 0.29) is 18.8 Å². The number of phenols is 1. The number of rotatable bonds is 8. The summed E-state index contributed by atoms with van der Waals surface area (Å²) in [4.78, 5) is 14.0. The van der Waals surface area contributed by atoms with E-state index in [4.69, 9.17) is 4.74 Å². The molecule has 0 saturated carbocycles. The summed E-state index contributed by atoms with van der Waals surface area (Å²) in [6.07, 6.45) is 1.39. The lowest BCUT2D eigenvalue weighted by molar-refractivity contribution is -0.387. The van der Waals surface area contributed by atoms with Gasteiger partial charge in [0.05, 0.1) is 18.6 Å². The fraction of sp³-hybridized carbons (Fsp3) is 0.235. The van der Waals surface area contributed by atoms with Gasteiger partial charge in [0.15, 0.2) is 4.90 Å². The second-order valence-electron chi connectivity index (χ2n) is 5.59. The van der Waals surface area contributed by atoms with Crippen LogP contribution in [0.3, 0.4) is 0 Å². The highest BCUT2D eigenvalue weighted by Gasteiger charge is 2.25. The van der Waals surface area contributed by atoms with Gasteiger partial charge in [0.1, 0.15) is 11.5 Å². The Hall–Kier alpha value is -2.98. The third-order valence-electron chi connectivity index (χ3n) is 3.60. The number of nitrogens with zero attached hydrogens (tertiary/aromatic N) is 2. The van der Waals surface area contributed by atoms with Gasteiger partial charge in [0, 0.05) is 24.4 Å². The van der Waals surface area contributed by atoms with Crippen molar-refractivity contribution >= 4 is 21.9 Å². The average Bonchev–Trinajstić information content (AvgIpc) is 2.62. The molecule has 0 aliphatic carbocycles. The summed E-state index contributed by atoms with van der Waals surface area (Å²) in [6.45, 7) is 1.66. The highest BCUT2D eigenvalue weighted by atomic mass is 32.2. The van der Waals surface area contributed by atoms with Crippen molar-refractivity contribution in [1.29, 1.82) is 0 Å². The molecule has 0 atom stereocenters. The van der Waals surface area contributed by atoms with Crippen LogP contribution in [0, 0.1) is 17.0 Å². The lowest BCUT2D eigenvalue weighted by atomic mass is 10.2. The summed E-state index contributed by atoms with van der Waals surface area (Å²) in [7, 11) is -2.56. The van der Waals surface area contributed by atoms with Crippen molar-refractivity contribution in [2.24, 2.45) is 4.99 Å². The molecule has 0 fully saturated rings. The fourth-order valence-corrected chi connectivity index (χ4v) is 3.42. The van der Waals surface area contributed by atoms with E-state index in [1.54, 1.807) is 19.1 Å². The van der Waals surface area contributed by atoms with E-state index >= 15 is 0 Å². The van der Waals surface area contributed by atoms with E-state index in [0.29, 0.717) is 16.9 Å². The van der Waals surface area contributed by atoms with Crippen LogP contribution < -0.4 is 9.46 Å². The molecule has 9 nitrogen and oxygen atoms in total.